The molecule has 0 atom stereocenters. The van der Waals surface area contributed by atoms with Gasteiger partial charge < -0.3 is 19.9 Å². The van der Waals surface area contributed by atoms with Crippen LogP contribution >= 0.6 is 12.2 Å². The molecule has 5 nitrogen and oxygen atoms in total. The van der Waals surface area contributed by atoms with Gasteiger partial charge in [-0.25, -0.2) is 4.98 Å². The van der Waals surface area contributed by atoms with E-state index in [-0.39, 0.29) is 0 Å². The van der Waals surface area contributed by atoms with Gasteiger partial charge in [0.1, 0.15) is 11.4 Å². The lowest BCUT2D eigenvalue weighted by Gasteiger charge is -2.09. The van der Waals surface area contributed by atoms with Crippen LogP contribution in [0.1, 0.15) is 25.3 Å². The fourth-order valence-electron chi connectivity index (χ4n) is 2.38. The lowest BCUT2D eigenvalue weighted by Crippen LogP contribution is -2.36. The highest BCUT2D eigenvalue weighted by molar-refractivity contribution is 7.80. The Morgan fingerprint density at radius 3 is 2.86 bits per heavy atom. The van der Waals surface area contributed by atoms with Crippen LogP contribution in [-0.2, 0) is 13.5 Å². The zero-order chi connectivity index (χ0) is 15.9. The van der Waals surface area contributed by atoms with Crippen LogP contribution in [0.2, 0.25) is 0 Å². The number of hydrogen-bond acceptors (Lipinski definition) is 3. The van der Waals surface area contributed by atoms with E-state index in [1.54, 1.807) is 13.3 Å². The Morgan fingerprint density at radius 1 is 1.36 bits per heavy atom. The molecule has 0 fully saturated rings. The van der Waals surface area contributed by atoms with Gasteiger partial charge in [0, 0.05) is 31.7 Å². The molecule has 2 rings (SSSR count). The number of hydrogen-bond donors (Lipinski definition) is 2. The summed E-state index contributed by atoms with van der Waals surface area (Å²) in [7, 11) is 3.67. The molecule has 2 heterocycles. The van der Waals surface area contributed by atoms with Crippen molar-refractivity contribution in [1.29, 1.82) is 0 Å². The lowest BCUT2D eigenvalue weighted by molar-refractivity contribution is 0.413. The predicted molar refractivity (Wildman–Crippen MR) is 94.5 cm³/mol. The molecule has 0 amide bonds. The number of methoxy groups -OCH3 is 1. The number of rotatable bonds is 7. The summed E-state index contributed by atoms with van der Waals surface area (Å²) in [6.07, 6.45) is 7.06. The molecule has 2 aromatic heterocycles. The van der Waals surface area contributed by atoms with Crippen molar-refractivity contribution in [3.05, 3.63) is 24.0 Å². The van der Waals surface area contributed by atoms with Crippen molar-refractivity contribution in [3.63, 3.8) is 0 Å². The first-order valence-electron chi connectivity index (χ1n) is 7.65. The van der Waals surface area contributed by atoms with Crippen LogP contribution in [0, 0.1) is 0 Å². The van der Waals surface area contributed by atoms with E-state index in [2.05, 4.69) is 28.7 Å². The summed E-state index contributed by atoms with van der Waals surface area (Å²) in [4.78, 5) is 4.44. The zero-order valence-corrected chi connectivity index (χ0v) is 14.3. The Kier molecular flexibility index (Phi) is 6.00. The highest BCUT2D eigenvalue weighted by atomic mass is 32.1. The molecule has 0 aliphatic carbocycles. The normalized spacial score (nSPS) is 10.7. The lowest BCUT2D eigenvalue weighted by atomic mass is 10.1. The third-order valence-electron chi connectivity index (χ3n) is 3.60. The fraction of sp³-hybridized carbons (Fsp3) is 0.500. The minimum Gasteiger partial charge on any atom is -0.495 e. The van der Waals surface area contributed by atoms with Gasteiger partial charge in [-0.1, -0.05) is 13.3 Å². The van der Waals surface area contributed by atoms with E-state index in [0.717, 1.165) is 47.8 Å². The molecule has 0 saturated heterocycles. The Labute approximate surface area is 137 Å². The smallest absolute Gasteiger partial charge is 0.166 e. The minimum absolute atomic E-state index is 0.726. The molecule has 0 spiro atoms. The summed E-state index contributed by atoms with van der Waals surface area (Å²) < 4.78 is 7.31. The molecule has 120 valence electrons. The van der Waals surface area contributed by atoms with E-state index in [0.29, 0.717) is 0 Å². The third-order valence-corrected chi connectivity index (χ3v) is 3.89. The molecular weight excluding hydrogens is 296 g/mol. The average Bonchev–Trinajstić information content (AvgIpc) is 2.83. The van der Waals surface area contributed by atoms with Crippen molar-refractivity contribution in [2.75, 3.05) is 20.2 Å². The van der Waals surface area contributed by atoms with Crippen molar-refractivity contribution in [1.82, 2.24) is 20.2 Å². The number of nitrogens with zero attached hydrogens (tertiary/aromatic N) is 2. The van der Waals surface area contributed by atoms with E-state index in [1.165, 1.54) is 12.0 Å². The maximum absolute atomic E-state index is 5.27. The van der Waals surface area contributed by atoms with Crippen molar-refractivity contribution in [2.24, 2.45) is 7.05 Å². The van der Waals surface area contributed by atoms with E-state index in [9.17, 15) is 0 Å². The van der Waals surface area contributed by atoms with Crippen LogP contribution in [0.15, 0.2) is 18.5 Å². The Bertz CT molecular complexity index is 638. The van der Waals surface area contributed by atoms with Crippen molar-refractivity contribution >= 4 is 28.4 Å². The number of aryl methyl sites for hydroxylation is 1. The first-order chi connectivity index (χ1) is 10.7. The molecule has 0 aliphatic heterocycles. The van der Waals surface area contributed by atoms with Gasteiger partial charge in [0.15, 0.2) is 5.11 Å². The second-order valence-corrected chi connectivity index (χ2v) is 5.71. The number of unbranched alkanes of at least 4 members (excludes halogenated alkanes) is 1. The Balaban J connectivity index is 1.95. The first-order valence-corrected chi connectivity index (χ1v) is 8.06. The zero-order valence-electron chi connectivity index (χ0n) is 13.5. The summed E-state index contributed by atoms with van der Waals surface area (Å²) in [5, 5.41) is 8.32. The van der Waals surface area contributed by atoms with Gasteiger partial charge in [0.25, 0.3) is 0 Å². The fourth-order valence-corrected chi connectivity index (χ4v) is 2.59. The second-order valence-electron chi connectivity index (χ2n) is 5.30. The SMILES string of the molecule is CCCCNC(=S)NCCc1cn(C)c2ncc(OC)cc12. The van der Waals surface area contributed by atoms with E-state index in [1.807, 2.05) is 17.7 Å². The molecule has 22 heavy (non-hydrogen) atoms. The molecule has 2 aromatic rings. The van der Waals surface area contributed by atoms with Gasteiger partial charge in [0.05, 0.1) is 13.3 Å². The molecule has 6 heteroatoms. The van der Waals surface area contributed by atoms with E-state index >= 15 is 0 Å². The van der Waals surface area contributed by atoms with Gasteiger partial charge in [0.2, 0.25) is 0 Å². The Morgan fingerprint density at radius 2 is 2.14 bits per heavy atom. The summed E-state index contributed by atoms with van der Waals surface area (Å²) >= 11 is 5.26. The summed E-state index contributed by atoms with van der Waals surface area (Å²) in [5.41, 5.74) is 2.22. The number of aromatic nitrogens is 2. The van der Waals surface area contributed by atoms with Gasteiger partial charge in [-0.2, -0.15) is 0 Å². The summed E-state index contributed by atoms with van der Waals surface area (Å²) in [6.45, 7) is 3.90. The van der Waals surface area contributed by atoms with Crippen molar-refractivity contribution < 1.29 is 4.74 Å². The van der Waals surface area contributed by atoms with Crippen LogP contribution in [-0.4, -0.2) is 34.9 Å². The number of thiocarbonyl (C=S) groups is 1. The van der Waals surface area contributed by atoms with E-state index < -0.39 is 0 Å². The maximum atomic E-state index is 5.27. The van der Waals surface area contributed by atoms with Gasteiger partial charge in [-0.3, -0.25) is 0 Å². The van der Waals surface area contributed by atoms with Gasteiger partial charge >= 0.3 is 0 Å². The minimum atomic E-state index is 0.726. The molecular formula is C16H24N4OS. The molecule has 0 aromatic carbocycles. The standard InChI is InChI=1S/C16H24N4OS/c1-4-5-7-17-16(22)18-8-6-12-11-20(2)15-14(12)9-13(21-3)10-19-15/h9-11H,4-8H2,1-3H3,(H2,17,18,22). The van der Waals surface area contributed by atoms with Crippen LogP contribution < -0.4 is 15.4 Å². The number of pyridine rings is 1. The number of nitrogens with one attached hydrogen (secondary N) is 2. The Hall–Kier alpha value is -1.82. The molecule has 2 N–H and O–H groups in total. The van der Waals surface area contributed by atoms with Gasteiger partial charge in [-0.05, 0) is 36.7 Å². The van der Waals surface area contributed by atoms with Crippen LogP contribution in [0.25, 0.3) is 11.0 Å². The van der Waals surface area contributed by atoms with Gasteiger partial charge in [-0.15, -0.1) is 0 Å². The second kappa shape index (κ2) is 7.98. The highest BCUT2D eigenvalue weighted by Crippen LogP contribution is 2.23. The van der Waals surface area contributed by atoms with Crippen LogP contribution in [0.4, 0.5) is 0 Å². The average molecular weight is 320 g/mol. The number of ether oxygens (including phenoxy) is 1. The molecule has 0 unspecified atom stereocenters. The molecule has 0 radical (unpaired) electrons. The number of fused-ring (bicyclic) bond motifs is 1. The third kappa shape index (κ3) is 4.10. The van der Waals surface area contributed by atoms with Crippen LogP contribution in [0.3, 0.4) is 0 Å². The monoisotopic (exact) mass is 320 g/mol. The summed E-state index contributed by atoms with van der Waals surface area (Å²) in [6, 6.07) is 2.04. The largest absolute Gasteiger partial charge is 0.495 e. The van der Waals surface area contributed by atoms with Crippen molar-refractivity contribution in [2.45, 2.75) is 26.2 Å². The topological polar surface area (TPSA) is 51.1 Å². The predicted octanol–water partition coefficient (Wildman–Crippen LogP) is 2.39. The first kappa shape index (κ1) is 16.5. The van der Waals surface area contributed by atoms with Crippen LogP contribution in [0.5, 0.6) is 5.75 Å². The molecule has 0 bridgehead atoms. The highest BCUT2D eigenvalue weighted by Gasteiger charge is 2.09. The van der Waals surface area contributed by atoms with Crippen molar-refractivity contribution in [3.8, 4) is 5.75 Å². The van der Waals surface area contributed by atoms with E-state index in [4.69, 9.17) is 17.0 Å². The quantitative estimate of drug-likeness (QED) is 0.606. The molecule has 0 saturated carbocycles. The maximum Gasteiger partial charge on any atom is 0.166 e. The summed E-state index contributed by atoms with van der Waals surface area (Å²) in [5.74, 6) is 0.782. The molecule has 0 aliphatic rings.